The van der Waals surface area contributed by atoms with Gasteiger partial charge in [0, 0.05) is 43.5 Å². The molecule has 6 heteroatoms. The van der Waals surface area contributed by atoms with E-state index < -0.39 is 0 Å². The van der Waals surface area contributed by atoms with Crippen molar-refractivity contribution < 1.29 is 9.47 Å². The Hall–Kier alpha value is -7.69. The van der Waals surface area contributed by atoms with Gasteiger partial charge in [0.15, 0.2) is 0 Å². The van der Waals surface area contributed by atoms with Crippen LogP contribution in [-0.2, 0) is 0 Å². The quantitative estimate of drug-likeness (QED) is 0.142. The average Bonchev–Trinajstić information content (AvgIpc) is 1.30. The third-order valence-electron chi connectivity index (χ3n) is 24.1. The van der Waals surface area contributed by atoms with E-state index in [0.717, 1.165) is 34.4 Å². The van der Waals surface area contributed by atoms with Crippen molar-refractivity contribution in [3.05, 3.63) is 179 Å². The van der Waals surface area contributed by atoms with Crippen molar-refractivity contribution in [1.82, 2.24) is 9.13 Å². The fourth-order valence-electron chi connectivity index (χ4n) is 19.4. The summed E-state index contributed by atoms with van der Waals surface area (Å²) in [6.45, 7) is 8.94. The van der Waals surface area contributed by atoms with Crippen LogP contribution < -0.4 is 42.3 Å². The Labute approximate surface area is 532 Å². The second-order valence-electron chi connectivity index (χ2n) is 29.9. The first kappa shape index (κ1) is 54.1. The van der Waals surface area contributed by atoms with Crippen LogP contribution in [0.15, 0.2) is 146 Å². The summed E-state index contributed by atoms with van der Waals surface area (Å²) in [6.07, 6.45) is 25.9. The van der Waals surface area contributed by atoms with Crippen molar-refractivity contribution in [1.29, 1.82) is 0 Å². The summed E-state index contributed by atoms with van der Waals surface area (Å²) < 4.78 is 21.7. The Morgan fingerprint density at radius 2 is 0.678 bits per heavy atom. The third-order valence-corrected chi connectivity index (χ3v) is 24.1. The van der Waals surface area contributed by atoms with E-state index >= 15 is 0 Å². The first-order valence-electron chi connectivity index (χ1n) is 35.6. The van der Waals surface area contributed by atoms with Crippen molar-refractivity contribution in [2.24, 2.45) is 0 Å². The van der Waals surface area contributed by atoms with Crippen LogP contribution in [0.25, 0.3) is 77.2 Å². The molecule has 4 saturated carbocycles. The van der Waals surface area contributed by atoms with Gasteiger partial charge in [0.05, 0.1) is 22.4 Å². The van der Waals surface area contributed by atoms with E-state index in [2.05, 4.69) is 182 Å². The van der Waals surface area contributed by atoms with Crippen LogP contribution >= 0.6 is 0 Å². The van der Waals surface area contributed by atoms with Crippen LogP contribution in [0, 0.1) is 0 Å². The standard InChI is InChI=1S/C84H82B2N2O2/c1-49(2)51-25-29-57(30-26-51)61-35-39-75-69(45-61)85-71-47-63(55-21-13-7-14-22-55)43-67-65-41-59(53-17-9-5-10-18-53)33-37-73(65)87(79(67)71)81-77(85)83(89-75)82-78-84(81)90-76-40-36-62(58-31-27-52(28-32-58)50(3)4)46-70(76)86(78)72-48-64(56-23-15-8-16-24-56)44-68-66-42-60(54-19-11-6-12-20-54)34-38-74(66)88(82)80(68)72/h25-50,53-56H,5-24H2,1-4H3. The highest BCUT2D eigenvalue weighted by Gasteiger charge is 2.51. The average molecular weight is 1170 g/mol. The molecule has 0 atom stereocenters. The fourth-order valence-corrected chi connectivity index (χ4v) is 19.4. The fraction of sp³-hybridized carbons (Fsp3) is 0.357. The van der Waals surface area contributed by atoms with E-state index in [9.17, 15) is 0 Å². The Morgan fingerprint density at radius 3 is 1.04 bits per heavy atom. The predicted molar refractivity (Wildman–Crippen MR) is 380 cm³/mol. The van der Waals surface area contributed by atoms with Crippen LogP contribution in [0.2, 0.25) is 0 Å². The molecule has 4 aliphatic heterocycles. The summed E-state index contributed by atoms with van der Waals surface area (Å²) in [4.78, 5) is 0. The van der Waals surface area contributed by atoms with E-state index in [1.807, 2.05) is 0 Å². The van der Waals surface area contributed by atoms with Gasteiger partial charge in [0.2, 0.25) is 0 Å². The summed E-state index contributed by atoms with van der Waals surface area (Å²) in [5.74, 6) is 7.08. The number of nitrogens with zero attached hydrogens (tertiary/aromatic N) is 2. The zero-order valence-corrected chi connectivity index (χ0v) is 53.3. The molecule has 446 valence electrons. The maximum Gasteiger partial charge on any atom is 0.256 e. The maximum atomic E-state index is 8.10. The molecule has 6 heterocycles. The van der Waals surface area contributed by atoms with Gasteiger partial charge >= 0.3 is 0 Å². The summed E-state index contributed by atoms with van der Waals surface area (Å²) in [7, 11) is 0. The second-order valence-corrected chi connectivity index (χ2v) is 29.9. The molecule has 4 nitrogen and oxygen atoms in total. The minimum atomic E-state index is -0.124. The monoisotopic (exact) mass is 1170 g/mol. The summed E-state index contributed by atoms with van der Waals surface area (Å²) >= 11 is 0. The molecule has 9 aromatic carbocycles. The molecule has 0 bridgehead atoms. The van der Waals surface area contributed by atoms with Crippen molar-refractivity contribution >= 4 is 89.8 Å². The minimum absolute atomic E-state index is 0.124. The van der Waals surface area contributed by atoms with Gasteiger partial charge in [-0.1, -0.05) is 202 Å². The molecule has 0 amide bonds. The minimum Gasteiger partial charge on any atom is -0.456 e. The zero-order valence-electron chi connectivity index (χ0n) is 53.3. The van der Waals surface area contributed by atoms with Gasteiger partial charge in [-0.3, -0.25) is 0 Å². The van der Waals surface area contributed by atoms with E-state index in [4.69, 9.17) is 9.47 Å². The third kappa shape index (κ3) is 8.19. The van der Waals surface area contributed by atoms with Crippen LogP contribution in [0.1, 0.15) is 225 Å². The Kier molecular flexibility index (Phi) is 12.6. The van der Waals surface area contributed by atoms with Gasteiger partial charge in [0.1, 0.15) is 23.0 Å². The van der Waals surface area contributed by atoms with Gasteiger partial charge in [-0.2, -0.15) is 0 Å². The number of aromatic nitrogens is 2. The number of hydrogen-bond donors (Lipinski definition) is 0. The summed E-state index contributed by atoms with van der Waals surface area (Å²) in [5.41, 5.74) is 29.1. The highest BCUT2D eigenvalue weighted by molar-refractivity contribution is 7.02. The highest BCUT2D eigenvalue weighted by Crippen LogP contribution is 2.51. The van der Waals surface area contributed by atoms with Crippen LogP contribution in [-0.4, -0.2) is 22.6 Å². The van der Waals surface area contributed by atoms with Gasteiger partial charge in [-0.05, 0) is 213 Å². The zero-order chi connectivity index (χ0) is 59.6. The summed E-state index contributed by atoms with van der Waals surface area (Å²) in [6, 6.07) is 59.4. The highest BCUT2D eigenvalue weighted by atomic mass is 16.5. The molecular formula is C84H82B2N2O2. The van der Waals surface area contributed by atoms with E-state index in [-0.39, 0.29) is 13.4 Å². The molecule has 0 saturated heterocycles. The molecule has 19 rings (SSSR count). The number of rotatable bonds is 8. The number of hydrogen-bond acceptors (Lipinski definition) is 2. The molecule has 4 aliphatic carbocycles. The molecule has 2 aromatic heterocycles. The lowest BCUT2D eigenvalue weighted by molar-refractivity contribution is 0.444. The first-order valence-corrected chi connectivity index (χ1v) is 35.6. The Bertz CT molecular complexity index is 4460. The molecule has 0 spiro atoms. The molecule has 0 N–H and O–H groups in total. The van der Waals surface area contributed by atoms with E-state index in [1.54, 1.807) is 0 Å². The van der Waals surface area contributed by atoms with Crippen LogP contribution in [0.4, 0.5) is 0 Å². The number of benzene rings is 9. The van der Waals surface area contributed by atoms with E-state index in [1.165, 1.54) is 260 Å². The number of fused-ring (bicyclic) bond motifs is 16. The number of ether oxygens (including phenoxy) is 2. The van der Waals surface area contributed by atoms with Gasteiger partial charge in [0.25, 0.3) is 13.4 Å². The van der Waals surface area contributed by atoms with Crippen molar-refractivity contribution in [2.45, 2.75) is 192 Å². The van der Waals surface area contributed by atoms with Gasteiger partial charge < -0.3 is 18.6 Å². The molecule has 8 aliphatic rings. The van der Waals surface area contributed by atoms with Crippen molar-refractivity contribution in [3.63, 3.8) is 0 Å². The second kappa shape index (κ2) is 20.9. The lowest BCUT2D eigenvalue weighted by Crippen LogP contribution is -2.63. The van der Waals surface area contributed by atoms with Crippen molar-refractivity contribution in [2.75, 3.05) is 0 Å². The van der Waals surface area contributed by atoms with Crippen molar-refractivity contribution in [3.8, 4) is 56.6 Å². The van der Waals surface area contributed by atoms with Crippen LogP contribution in [0.5, 0.6) is 23.0 Å². The van der Waals surface area contributed by atoms with Crippen LogP contribution in [0.3, 0.4) is 0 Å². The van der Waals surface area contributed by atoms with E-state index in [0.29, 0.717) is 35.5 Å². The molecule has 11 aromatic rings. The van der Waals surface area contributed by atoms with Gasteiger partial charge in [-0.15, -0.1) is 0 Å². The largest absolute Gasteiger partial charge is 0.456 e. The summed E-state index contributed by atoms with van der Waals surface area (Å²) in [5, 5.41) is 5.59. The SMILES string of the molecule is CC(C)c1ccc(-c2ccc3c(c2)B2c4c(c5c6c(c4-n4c7ccc(C8CCCCC8)cc7c7cc(C8CCCCC8)cc2c74)Oc2ccc(-c4ccc(C(C)C)cc4)cc2B6c2cc(C4CCCCC4)cc4c6cc(C7CCCCC7)ccc6n-5c24)O3)cc1. The molecule has 90 heavy (non-hydrogen) atoms. The lowest BCUT2D eigenvalue weighted by Gasteiger charge is -2.41. The lowest BCUT2D eigenvalue weighted by atomic mass is 9.31. The first-order chi connectivity index (χ1) is 44.3. The smallest absolute Gasteiger partial charge is 0.256 e. The molecular weight excluding hydrogens is 1090 g/mol. The Balaban J connectivity index is 0.951. The Morgan fingerprint density at radius 1 is 0.333 bits per heavy atom. The molecule has 4 fully saturated rings. The normalized spacial score (nSPS) is 18.2. The van der Waals surface area contributed by atoms with Gasteiger partial charge in [-0.25, -0.2) is 0 Å². The topological polar surface area (TPSA) is 28.3 Å². The predicted octanol–water partition coefficient (Wildman–Crippen LogP) is 19.5. The maximum absolute atomic E-state index is 8.10. The molecule has 0 unspecified atom stereocenters. The molecule has 0 radical (unpaired) electrons.